The van der Waals surface area contributed by atoms with E-state index in [-0.39, 0.29) is 0 Å². The minimum Gasteiger partial charge on any atom is -0.377 e. The number of hydrogen-bond donors (Lipinski definition) is 1. The second-order valence-corrected chi connectivity index (χ2v) is 8.28. The van der Waals surface area contributed by atoms with Crippen molar-refractivity contribution in [1.29, 1.82) is 0 Å². The topological polar surface area (TPSA) is 46.1 Å². The van der Waals surface area contributed by atoms with Crippen molar-refractivity contribution in [2.24, 2.45) is 4.99 Å². The summed E-state index contributed by atoms with van der Waals surface area (Å²) in [5.41, 5.74) is 0. The molecule has 5 nitrogen and oxygen atoms in total. The largest absolute Gasteiger partial charge is 0.377 e. The van der Waals surface area contributed by atoms with E-state index >= 15 is 0 Å². The minimum atomic E-state index is 0.296. The first-order valence-electron chi connectivity index (χ1n) is 8.47. The Kier molecular flexibility index (Phi) is 7.31. The SMILES string of the molecule is CCNC(=NCCOCC1CCCO1)N1CCSC(C)(C)C1. The molecule has 2 fully saturated rings. The highest BCUT2D eigenvalue weighted by molar-refractivity contribution is 8.00. The van der Waals surface area contributed by atoms with E-state index in [1.807, 2.05) is 11.8 Å². The van der Waals surface area contributed by atoms with Gasteiger partial charge in [0, 0.05) is 36.7 Å². The lowest BCUT2D eigenvalue weighted by Gasteiger charge is -2.39. The fourth-order valence-electron chi connectivity index (χ4n) is 2.83. The zero-order chi connectivity index (χ0) is 15.8. The molecule has 2 heterocycles. The summed E-state index contributed by atoms with van der Waals surface area (Å²) < 4.78 is 11.5. The van der Waals surface area contributed by atoms with Gasteiger partial charge in [-0.05, 0) is 33.6 Å². The maximum absolute atomic E-state index is 5.69. The molecule has 0 aromatic rings. The Morgan fingerprint density at radius 2 is 2.36 bits per heavy atom. The van der Waals surface area contributed by atoms with E-state index in [4.69, 9.17) is 14.5 Å². The number of nitrogens with zero attached hydrogens (tertiary/aromatic N) is 2. The Balaban J connectivity index is 1.74. The van der Waals surface area contributed by atoms with Gasteiger partial charge in [0.15, 0.2) is 5.96 Å². The minimum absolute atomic E-state index is 0.296. The van der Waals surface area contributed by atoms with Crippen molar-refractivity contribution in [1.82, 2.24) is 10.2 Å². The van der Waals surface area contributed by atoms with Crippen LogP contribution in [0.25, 0.3) is 0 Å². The molecule has 22 heavy (non-hydrogen) atoms. The van der Waals surface area contributed by atoms with Crippen LogP contribution in [0, 0.1) is 0 Å². The van der Waals surface area contributed by atoms with Gasteiger partial charge in [0.1, 0.15) is 0 Å². The summed E-state index contributed by atoms with van der Waals surface area (Å²) in [7, 11) is 0. The molecule has 2 aliphatic rings. The summed E-state index contributed by atoms with van der Waals surface area (Å²) in [4.78, 5) is 7.10. The van der Waals surface area contributed by atoms with Crippen molar-refractivity contribution >= 4 is 17.7 Å². The molecule has 1 N–H and O–H groups in total. The van der Waals surface area contributed by atoms with Crippen LogP contribution in [-0.2, 0) is 9.47 Å². The molecule has 2 rings (SSSR count). The first kappa shape index (κ1) is 17.9. The van der Waals surface area contributed by atoms with Crippen LogP contribution in [0.3, 0.4) is 0 Å². The third-order valence-corrected chi connectivity index (χ3v) is 5.18. The molecule has 2 saturated heterocycles. The molecule has 0 saturated carbocycles. The Hall–Kier alpha value is -0.460. The van der Waals surface area contributed by atoms with Crippen LogP contribution in [0.2, 0.25) is 0 Å². The second-order valence-electron chi connectivity index (χ2n) is 6.48. The highest BCUT2D eigenvalue weighted by Gasteiger charge is 2.28. The highest BCUT2D eigenvalue weighted by Crippen LogP contribution is 2.29. The summed E-state index contributed by atoms with van der Waals surface area (Å²) in [6.45, 7) is 12.7. The molecule has 1 unspecified atom stereocenters. The zero-order valence-electron chi connectivity index (χ0n) is 14.3. The van der Waals surface area contributed by atoms with E-state index in [1.165, 1.54) is 6.42 Å². The molecule has 0 amide bonds. The standard InChI is InChI=1S/C16H31N3O2S/c1-4-17-15(19-8-11-22-16(2,3)13-19)18-7-10-20-12-14-6-5-9-21-14/h14H,4-13H2,1-3H3,(H,17,18). The number of guanidine groups is 1. The predicted molar refractivity (Wildman–Crippen MR) is 93.9 cm³/mol. The normalized spacial score (nSPS) is 25.5. The number of thioether (sulfide) groups is 1. The van der Waals surface area contributed by atoms with E-state index < -0.39 is 0 Å². The Morgan fingerprint density at radius 1 is 1.50 bits per heavy atom. The van der Waals surface area contributed by atoms with Crippen molar-refractivity contribution in [3.8, 4) is 0 Å². The fraction of sp³-hybridized carbons (Fsp3) is 0.938. The second kappa shape index (κ2) is 8.99. The van der Waals surface area contributed by atoms with Crippen LogP contribution in [0.15, 0.2) is 4.99 Å². The number of ether oxygens (including phenoxy) is 2. The number of rotatable bonds is 6. The zero-order valence-corrected chi connectivity index (χ0v) is 15.1. The molecular weight excluding hydrogens is 298 g/mol. The first-order valence-corrected chi connectivity index (χ1v) is 9.46. The molecule has 1 atom stereocenters. The van der Waals surface area contributed by atoms with E-state index in [9.17, 15) is 0 Å². The van der Waals surface area contributed by atoms with E-state index in [1.54, 1.807) is 0 Å². The lowest BCUT2D eigenvalue weighted by atomic mass is 10.2. The third-order valence-electron chi connectivity index (χ3n) is 3.88. The van der Waals surface area contributed by atoms with Crippen molar-refractivity contribution in [3.63, 3.8) is 0 Å². The van der Waals surface area contributed by atoms with Gasteiger partial charge in [-0.25, -0.2) is 0 Å². The molecule has 0 aromatic heterocycles. The molecule has 128 valence electrons. The summed E-state index contributed by atoms with van der Waals surface area (Å²) in [5, 5.41) is 3.41. The molecule has 0 spiro atoms. The maximum atomic E-state index is 5.69. The molecule has 0 radical (unpaired) electrons. The van der Waals surface area contributed by atoms with Crippen LogP contribution in [-0.4, -0.2) is 73.5 Å². The molecule has 2 aliphatic heterocycles. The predicted octanol–water partition coefficient (Wildman–Crippen LogP) is 1.97. The Labute approximate surface area is 139 Å². The highest BCUT2D eigenvalue weighted by atomic mass is 32.2. The van der Waals surface area contributed by atoms with Gasteiger partial charge in [-0.3, -0.25) is 4.99 Å². The van der Waals surface area contributed by atoms with Crippen molar-refractivity contribution < 1.29 is 9.47 Å². The summed E-state index contributed by atoms with van der Waals surface area (Å²) in [6.07, 6.45) is 2.60. The summed E-state index contributed by atoms with van der Waals surface area (Å²) in [5.74, 6) is 2.18. The van der Waals surface area contributed by atoms with E-state index in [0.717, 1.165) is 44.4 Å². The average molecular weight is 330 g/mol. The van der Waals surface area contributed by atoms with Gasteiger partial charge >= 0.3 is 0 Å². The van der Waals surface area contributed by atoms with Gasteiger partial charge in [0.2, 0.25) is 0 Å². The third kappa shape index (κ3) is 5.97. The van der Waals surface area contributed by atoms with Crippen LogP contribution in [0.1, 0.15) is 33.6 Å². The molecule has 0 bridgehead atoms. The van der Waals surface area contributed by atoms with Gasteiger partial charge in [0.25, 0.3) is 0 Å². The maximum Gasteiger partial charge on any atom is 0.194 e. The fourth-order valence-corrected chi connectivity index (χ4v) is 3.94. The molecular formula is C16H31N3O2S. The average Bonchev–Trinajstić information content (AvgIpc) is 2.98. The van der Waals surface area contributed by atoms with E-state index in [2.05, 4.69) is 31.0 Å². The first-order chi connectivity index (χ1) is 10.6. The quantitative estimate of drug-likeness (QED) is 0.459. The molecule has 6 heteroatoms. The van der Waals surface area contributed by atoms with Gasteiger partial charge < -0.3 is 19.7 Å². The van der Waals surface area contributed by atoms with Crippen molar-refractivity contribution in [2.75, 3.05) is 51.8 Å². The van der Waals surface area contributed by atoms with Gasteiger partial charge in [-0.2, -0.15) is 11.8 Å². The smallest absolute Gasteiger partial charge is 0.194 e. The van der Waals surface area contributed by atoms with Crippen LogP contribution in [0.4, 0.5) is 0 Å². The molecule has 0 aromatic carbocycles. The van der Waals surface area contributed by atoms with Gasteiger partial charge in [-0.1, -0.05) is 0 Å². The summed E-state index contributed by atoms with van der Waals surface area (Å²) >= 11 is 2.04. The lowest BCUT2D eigenvalue weighted by molar-refractivity contribution is 0.0199. The number of aliphatic imine (C=N–C) groups is 1. The number of hydrogen-bond acceptors (Lipinski definition) is 4. The summed E-state index contributed by atoms with van der Waals surface area (Å²) in [6, 6.07) is 0. The van der Waals surface area contributed by atoms with E-state index in [0.29, 0.717) is 30.6 Å². The Morgan fingerprint density at radius 3 is 3.05 bits per heavy atom. The van der Waals surface area contributed by atoms with Crippen LogP contribution < -0.4 is 5.32 Å². The van der Waals surface area contributed by atoms with Gasteiger partial charge in [0.05, 0.1) is 25.9 Å². The Bertz CT molecular complexity index is 357. The monoisotopic (exact) mass is 329 g/mol. The van der Waals surface area contributed by atoms with Crippen LogP contribution >= 0.6 is 11.8 Å². The van der Waals surface area contributed by atoms with Crippen molar-refractivity contribution in [3.05, 3.63) is 0 Å². The van der Waals surface area contributed by atoms with Gasteiger partial charge in [-0.15, -0.1) is 0 Å². The van der Waals surface area contributed by atoms with Crippen molar-refractivity contribution in [2.45, 2.75) is 44.5 Å². The molecule has 0 aliphatic carbocycles. The van der Waals surface area contributed by atoms with Crippen LogP contribution in [0.5, 0.6) is 0 Å². The number of nitrogens with one attached hydrogen (secondary N) is 1. The lowest BCUT2D eigenvalue weighted by Crippen LogP contribution is -2.51.